The molecule has 0 aromatic heterocycles. The van der Waals surface area contributed by atoms with E-state index in [0.717, 1.165) is 0 Å². The third-order valence-electron chi connectivity index (χ3n) is 2.40. The number of nitrogens with zero attached hydrogens (tertiary/aromatic N) is 2. The number of rotatable bonds is 4. The van der Waals surface area contributed by atoms with Gasteiger partial charge in [0.05, 0.1) is 0 Å². The molecule has 0 aliphatic carbocycles. The number of anilines is 1. The molecular weight excluding hydrogens is 258 g/mol. The van der Waals surface area contributed by atoms with E-state index in [4.69, 9.17) is 15.7 Å². The van der Waals surface area contributed by atoms with Crippen molar-refractivity contribution < 1.29 is 14.7 Å². The fourth-order valence-corrected chi connectivity index (χ4v) is 1.53. The van der Waals surface area contributed by atoms with Crippen LogP contribution in [0.1, 0.15) is 27.2 Å². The molecule has 6 heteroatoms. The third kappa shape index (κ3) is 5.17. The second kappa shape index (κ2) is 6.79. The first-order valence-electron chi connectivity index (χ1n) is 6.35. The molecule has 6 nitrogen and oxygen atoms in total. The maximum atomic E-state index is 12.2. The molecule has 0 radical (unpaired) electrons. The summed E-state index contributed by atoms with van der Waals surface area (Å²) in [4.78, 5) is 13.7. The Hall–Kier alpha value is -2.24. The topological polar surface area (TPSA) is 88.2 Å². The Kier molecular flexibility index (Phi) is 5.37. The van der Waals surface area contributed by atoms with Gasteiger partial charge < -0.3 is 15.7 Å². The predicted molar refractivity (Wildman–Crippen MR) is 78.0 cm³/mol. The third-order valence-corrected chi connectivity index (χ3v) is 2.40. The van der Waals surface area contributed by atoms with Gasteiger partial charge in [-0.2, -0.15) is 0 Å². The van der Waals surface area contributed by atoms with Gasteiger partial charge >= 0.3 is 6.09 Å². The van der Waals surface area contributed by atoms with Crippen molar-refractivity contribution >= 4 is 17.6 Å². The molecule has 0 aliphatic rings. The van der Waals surface area contributed by atoms with Gasteiger partial charge in [-0.3, -0.25) is 4.90 Å². The second-order valence-corrected chi connectivity index (χ2v) is 5.31. The summed E-state index contributed by atoms with van der Waals surface area (Å²) < 4.78 is 5.36. The van der Waals surface area contributed by atoms with Crippen molar-refractivity contribution in [3.05, 3.63) is 30.3 Å². The highest BCUT2D eigenvalue weighted by atomic mass is 16.6. The Morgan fingerprint density at radius 3 is 2.45 bits per heavy atom. The Labute approximate surface area is 118 Å². The number of amides is 1. The molecule has 0 heterocycles. The van der Waals surface area contributed by atoms with Gasteiger partial charge in [-0.05, 0) is 32.9 Å². The summed E-state index contributed by atoms with van der Waals surface area (Å²) in [5, 5.41) is 11.5. The summed E-state index contributed by atoms with van der Waals surface area (Å²) in [6, 6.07) is 9.12. The first-order chi connectivity index (χ1) is 9.33. The van der Waals surface area contributed by atoms with Gasteiger partial charge in [0.25, 0.3) is 0 Å². The van der Waals surface area contributed by atoms with Crippen LogP contribution in [0.4, 0.5) is 10.5 Å². The minimum atomic E-state index is -0.583. The van der Waals surface area contributed by atoms with Crippen LogP contribution < -0.4 is 10.6 Å². The van der Waals surface area contributed by atoms with E-state index < -0.39 is 11.7 Å². The van der Waals surface area contributed by atoms with Crippen molar-refractivity contribution in [3.63, 3.8) is 0 Å². The van der Waals surface area contributed by atoms with Crippen LogP contribution in [0, 0.1) is 0 Å². The molecule has 110 valence electrons. The number of para-hydroxylation sites is 1. The lowest BCUT2D eigenvalue weighted by molar-refractivity contribution is 0.0581. The number of carbonyl (C=O) groups is 1. The quantitative estimate of drug-likeness (QED) is 0.384. The largest absolute Gasteiger partial charge is 0.443 e. The minimum absolute atomic E-state index is 0.0643. The zero-order valence-electron chi connectivity index (χ0n) is 12.0. The van der Waals surface area contributed by atoms with Crippen LogP contribution in [-0.4, -0.2) is 29.3 Å². The Morgan fingerprint density at radius 2 is 1.95 bits per heavy atom. The molecule has 0 atom stereocenters. The molecule has 0 saturated carbocycles. The summed E-state index contributed by atoms with van der Waals surface area (Å²) in [7, 11) is 0. The van der Waals surface area contributed by atoms with Crippen LogP contribution in [0.15, 0.2) is 35.5 Å². The van der Waals surface area contributed by atoms with Gasteiger partial charge in [0.1, 0.15) is 11.4 Å². The number of oxime groups is 1. The molecule has 0 fully saturated rings. The molecule has 0 saturated heterocycles. The summed E-state index contributed by atoms with van der Waals surface area (Å²) in [6.07, 6.45) is -0.209. The molecule has 0 unspecified atom stereocenters. The van der Waals surface area contributed by atoms with E-state index in [2.05, 4.69) is 5.16 Å². The lowest BCUT2D eigenvalue weighted by Gasteiger charge is -2.27. The highest BCUT2D eigenvalue weighted by molar-refractivity contribution is 5.89. The zero-order valence-corrected chi connectivity index (χ0v) is 12.0. The Bertz CT molecular complexity index is 466. The molecule has 0 aliphatic heterocycles. The van der Waals surface area contributed by atoms with E-state index in [1.165, 1.54) is 4.90 Å². The van der Waals surface area contributed by atoms with Crippen LogP contribution in [0.2, 0.25) is 0 Å². The first-order valence-corrected chi connectivity index (χ1v) is 6.35. The lowest BCUT2D eigenvalue weighted by Crippen LogP contribution is -2.38. The minimum Gasteiger partial charge on any atom is -0.443 e. The van der Waals surface area contributed by atoms with Crippen molar-refractivity contribution in [2.45, 2.75) is 32.8 Å². The van der Waals surface area contributed by atoms with E-state index in [0.29, 0.717) is 5.69 Å². The van der Waals surface area contributed by atoms with Crippen molar-refractivity contribution in [2.75, 3.05) is 11.4 Å². The second-order valence-electron chi connectivity index (χ2n) is 5.31. The fourth-order valence-electron chi connectivity index (χ4n) is 1.53. The van der Waals surface area contributed by atoms with Gasteiger partial charge in [0.15, 0.2) is 0 Å². The van der Waals surface area contributed by atoms with E-state index in [9.17, 15) is 4.79 Å². The van der Waals surface area contributed by atoms with E-state index >= 15 is 0 Å². The van der Waals surface area contributed by atoms with Crippen molar-refractivity contribution in [2.24, 2.45) is 10.9 Å². The number of amidine groups is 1. The molecule has 0 spiro atoms. The van der Waals surface area contributed by atoms with Crippen LogP contribution in [0.25, 0.3) is 0 Å². The molecule has 1 rings (SSSR count). The molecule has 3 N–H and O–H groups in total. The maximum absolute atomic E-state index is 12.2. The molecular formula is C14H21N3O3. The number of hydrogen-bond acceptors (Lipinski definition) is 4. The average molecular weight is 279 g/mol. The summed E-state index contributed by atoms with van der Waals surface area (Å²) in [5.41, 5.74) is 5.57. The molecule has 0 bridgehead atoms. The van der Waals surface area contributed by atoms with Gasteiger partial charge in [-0.25, -0.2) is 4.79 Å². The first kappa shape index (κ1) is 15.8. The predicted octanol–water partition coefficient (Wildman–Crippen LogP) is 2.56. The molecule has 1 amide bonds. The van der Waals surface area contributed by atoms with Crippen molar-refractivity contribution in [3.8, 4) is 0 Å². The number of nitrogens with two attached hydrogens (primary N) is 1. The number of carbonyl (C=O) groups excluding carboxylic acids is 1. The number of ether oxygens (including phenoxy) is 1. The van der Waals surface area contributed by atoms with Crippen molar-refractivity contribution in [1.29, 1.82) is 0 Å². The van der Waals surface area contributed by atoms with E-state index in [1.54, 1.807) is 32.9 Å². The monoisotopic (exact) mass is 279 g/mol. The van der Waals surface area contributed by atoms with Crippen molar-refractivity contribution in [1.82, 2.24) is 0 Å². The molecule has 1 aromatic rings. The van der Waals surface area contributed by atoms with E-state index in [1.807, 2.05) is 18.2 Å². The van der Waals surface area contributed by atoms with E-state index in [-0.39, 0.29) is 18.8 Å². The number of benzene rings is 1. The average Bonchev–Trinajstić information content (AvgIpc) is 2.37. The Morgan fingerprint density at radius 1 is 1.35 bits per heavy atom. The highest BCUT2D eigenvalue weighted by Crippen LogP contribution is 2.18. The van der Waals surface area contributed by atoms with Gasteiger partial charge in [0, 0.05) is 18.7 Å². The highest BCUT2D eigenvalue weighted by Gasteiger charge is 2.23. The van der Waals surface area contributed by atoms with Crippen LogP contribution >= 0.6 is 0 Å². The van der Waals surface area contributed by atoms with Crippen LogP contribution in [0.3, 0.4) is 0 Å². The molecule has 20 heavy (non-hydrogen) atoms. The van der Waals surface area contributed by atoms with Crippen LogP contribution in [-0.2, 0) is 4.74 Å². The summed E-state index contributed by atoms with van der Waals surface area (Å²) >= 11 is 0. The van der Waals surface area contributed by atoms with Crippen LogP contribution in [0.5, 0.6) is 0 Å². The Balaban J connectivity index is 2.87. The normalized spacial score (nSPS) is 12.1. The lowest BCUT2D eigenvalue weighted by atomic mass is 10.2. The number of hydrogen-bond donors (Lipinski definition) is 2. The summed E-state index contributed by atoms with van der Waals surface area (Å²) in [5.74, 6) is 0.0643. The maximum Gasteiger partial charge on any atom is 0.414 e. The molecule has 1 aromatic carbocycles. The summed E-state index contributed by atoms with van der Waals surface area (Å²) in [6.45, 7) is 5.68. The standard InChI is InChI=1S/C14H21N3O3/c1-14(2,3)20-13(18)17(10-9-12(15)16-19)11-7-5-4-6-8-11/h4-8,19H,9-10H2,1-3H3,(H2,15,16). The zero-order chi connectivity index (χ0) is 15.2. The van der Waals surface area contributed by atoms with Gasteiger partial charge in [-0.1, -0.05) is 23.4 Å². The smallest absolute Gasteiger partial charge is 0.414 e. The fraction of sp³-hybridized carbons (Fsp3) is 0.429. The van der Waals surface area contributed by atoms with Gasteiger partial charge in [0.2, 0.25) is 0 Å². The van der Waals surface area contributed by atoms with Gasteiger partial charge in [-0.15, -0.1) is 0 Å². The SMILES string of the molecule is CC(C)(C)OC(=O)N(CCC(N)=NO)c1ccccc1.